The summed E-state index contributed by atoms with van der Waals surface area (Å²) in [7, 11) is -1.73. The van der Waals surface area contributed by atoms with Gasteiger partial charge in [0.05, 0.1) is 8.22 Å². The molecule has 0 aliphatic heterocycles. The molecular weight excluding hydrogens is 283 g/mol. The van der Waals surface area contributed by atoms with Crippen molar-refractivity contribution in [2.24, 2.45) is 0 Å². The predicted molar refractivity (Wildman–Crippen MR) is 99.4 cm³/mol. The van der Waals surface area contributed by atoms with Gasteiger partial charge in [0.25, 0.3) is 0 Å². The van der Waals surface area contributed by atoms with Gasteiger partial charge >= 0.3 is 0 Å². The first-order valence-electron chi connectivity index (χ1n) is 10.1. The molecule has 0 aromatic heterocycles. The maximum absolute atomic E-state index is 8.50. The van der Waals surface area contributed by atoms with Crippen molar-refractivity contribution in [1.82, 2.24) is 0 Å². The molecule has 0 atom stereocenters. The fraction of sp³-hybridized carbons (Fsp3) is 0.143. The van der Waals surface area contributed by atoms with Crippen molar-refractivity contribution >= 4 is 23.8 Å². The van der Waals surface area contributed by atoms with Gasteiger partial charge in [-0.25, -0.2) is 0 Å². The SMILES string of the molecule is [2H]c1cc(C)cc([2H])c1P(c1c([2H])cc(C)cc1[2H])c1c([2H])cc(C)cc1[2H]. The molecule has 110 valence electrons. The summed E-state index contributed by atoms with van der Waals surface area (Å²) in [6.45, 7) is 5.45. The molecule has 3 aromatic rings. The third-order valence-electron chi connectivity index (χ3n) is 3.29. The van der Waals surface area contributed by atoms with Crippen LogP contribution >= 0.6 is 7.92 Å². The fourth-order valence-corrected chi connectivity index (χ4v) is 3.90. The second-order valence-electron chi connectivity index (χ2n) is 5.35. The van der Waals surface area contributed by atoms with Crippen molar-refractivity contribution in [3.63, 3.8) is 0 Å². The molecule has 1 heteroatoms. The summed E-state index contributed by atoms with van der Waals surface area (Å²) in [4.78, 5) is 0. The van der Waals surface area contributed by atoms with E-state index < -0.39 is 7.92 Å². The fourth-order valence-electron chi connectivity index (χ4n) is 2.07. The van der Waals surface area contributed by atoms with Gasteiger partial charge in [-0.05, 0) is 44.6 Å². The summed E-state index contributed by atoms with van der Waals surface area (Å²) in [5.74, 6) is 0. The van der Waals surface area contributed by atoms with E-state index in [0.29, 0.717) is 15.9 Å². The van der Waals surface area contributed by atoms with E-state index in [0.717, 1.165) is 16.7 Å². The van der Waals surface area contributed by atoms with Gasteiger partial charge in [-0.15, -0.1) is 0 Å². The highest BCUT2D eigenvalue weighted by molar-refractivity contribution is 7.79. The molecule has 0 aliphatic carbocycles. The third kappa shape index (κ3) is 3.29. The van der Waals surface area contributed by atoms with Crippen LogP contribution in [0.4, 0.5) is 0 Å². The topological polar surface area (TPSA) is 0 Å². The van der Waals surface area contributed by atoms with Gasteiger partial charge in [-0.3, -0.25) is 0 Å². The molecule has 0 bridgehead atoms. The highest BCUT2D eigenvalue weighted by Gasteiger charge is 2.16. The molecular formula is C21H21P. The Balaban J connectivity index is 2.45. The average Bonchev–Trinajstić information content (AvgIpc) is 2.51. The Kier molecular flexibility index (Phi) is 2.73. The monoisotopic (exact) mass is 310 g/mol. The van der Waals surface area contributed by atoms with Gasteiger partial charge in [0.1, 0.15) is 0 Å². The normalized spacial score (nSPS) is 14.7. The predicted octanol–water partition coefficient (Wildman–Crippen LogP) is 4.37. The molecule has 0 aliphatic rings. The Hall–Kier alpha value is -1.91. The lowest BCUT2D eigenvalue weighted by atomic mass is 10.2. The number of benzene rings is 3. The molecule has 0 nitrogen and oxygen atoms in total. The standard InChI is InChI=1S/C21H21P/c1-16-4-10-19(11-5-16)22(20-12-6-17(2)7-13-20)21-14-8-18(3)9-15-21/h4-15H,1-3H3/i10D,11D,12D,13D,14D,15D. The average molecular weight is 310 g/mol. The van der Waals surface area contributed by atoms with Crippen molar-refractivity contribution in [3.05, 3.63) is 89.3 Å². The second kappa shape index (κ2) is 6.46. The zero-order valence-corrected chi connectivity index (χ0v) is 13.8. The molecule has 0 spiro atoms. The summed E-state index contributed by atoms with van der Waals surface area (Å²) >= 11 is 0. The van der Waals surface area contributed by atoms with Crippen LogP contribution in [0, 0.1) is 20.8 Å². The van der Waals surface area contributed by atoms with E-state index in [1.165, 1.54) is 0 Å². The minimum absolute atomic E-state index is 0.148. The zero-order valence-electron chi connectivity index (χ0n) is 18.9. The van der Waals surface area contributed by atoms with Crippen LogP contribution in [-0.4, -0.2) is 0 Å². The summed E-state index contributed by atoms with van der Waals surface area (Å²) in [5.41, 5.74) is 2.36. The highest BCUT2D eigenvalue weighted by atomic mass is 31.1. The van der Waals surface area contributed by atoms with Crippen molar-refractivity contribution in [2.75, 3.05) is 0 Å². The van der Waals surface area contributed by atoms with Gasteiger partial charge in [0, 0.05) is 0 Å². The van der Waals surface area contributed by atoms with E-state index >= 15 is 0 Å². The van der Waals surface area contributed by atoms with Gasteiger partial charge in [0.2, 0.25) is 0 Å². The zero-order chi connectivity index (χ0) is 20.7. The van der Waals surface area contributed by atoms with Gasteiger partial charge in [-0.1, -0.05) is 89.3 Å². The highest BCUT2D eigenvalue weighted by Crippen LogP contribution is 2.32. The molecule has 0 amide bonds. The summed E-state index contributed by atoms with van der Waals surface area (Å²) in [6, 6.07) is 10.8. The van der Waals surface area contributed by atoms with Gasteiger partial charge in [-0.2, -0.15) is 0 Å². The minimum atomic E-state index is -1.73. The lowest BCUT2D eigenvalue weighted by Crippen LogP contribution is -2.20. The van der Waals surface area contributed by atoms with Crippen LogP contribution in [0.1, 0.15) is 24.9 Å². The van der Waals surface area contributed by atoms with E-state index in [9.17, 15) is 0 Å². The molecule has 0 fully saturated rings. The van der Waals surface area contributed by atoms with E-state index in [4.69, 9.17) is 8.22 Å². The van der Waals surface area contributed by atoms with E-state index in [1.807, 2.05) is 20.8 Å². The Bertz CT molecular complexity index is 871. The van der Waals surface area contributed by atoms with Crippen molar-refractivity contribution in [1.29, 1.82) is 0 Å². The summed E-state index contributed by atoms with van der Waals surface area (Å²) in [6.07, 6.45) is 0. The molecule has 3 rings (SSSR count). The number of hydrogen-bond donors (Lipinski definition) is 0. The van der Waals surface area contributed by atoms with Crippen LogP contribution in [0.5, 0.6) is 0 Å². The van der Waals surface area contributed by atoms with E-state index in [-0.39, 0.29) is 36.3 Å². The molecule has 22 heavy (non-hydrogen) atoms. The van der Waals surface area contributed by atoms with E-state index in [2.05, 4.69) is 0 Å². The smallest absolute Gasteiger partial charge is 0.0587 e. The van der Waals surface area contributed by atoms with Crippen LogP contribution in [0.15, 0.2) is 72.7 Å². The Morgan fingerprint density at radius 2 is 0.773 bits per heavy atom. The van der Waals surface area contributed by atoms with E-state index in [1.54, 1.807) is 36.4 Å². The molecule has 3 aromatic carbocycles. The lowest BCUT2D eigenvalue weighted by molar-refractivity contribution is 1.48. The second-order valence-corrected chi connectivity index (χ2v) is 7.36. The van der Waals surface area contributed by atoms with Gasteiger partial charge in [0.15, 0.2) is 0 Å². The molecule has 0 unspecified atom stereocenters. The van der Waals surface area contributed by atoms with Crippen LogP contribution in [0.3, 0.4) is 0 Å². The Morgan fingerprint density at radius 1 is 0.545 bits per heavy atom. The Morgan fingerprint density at radius 3 is 1.00 bits per heavy atom. The molecule has 0 N–H and O–H groups in total. The van der Waals surface area contributed by atoms with Crippen molar-refractivity contribution in [3.8, 4) is 0 Å². The van der Waals surface area contributed by atoms with Crippen molar-refractivity contribution < 1.29 is 8.22 Å². The van der Waals surface area contributed by atoms with Crippen LogP contribution in [0.2, 0.25) is 0 Å². The molecule has 0 radical (unpaired) electrons. The van der Waals surface area contributed by atoms with Crippen LogP contribution < -0.4 is 15.9 Å². The summed E-state index contributed by atoms with van der Waals surface area (Å²) in [5, 5.41) is 1.16. The number of hydrogen-bond acceptors (Lipinski definition) is 0. The van der Waals surface area contributed by atoms with Gasteiger partial charge < -0.3 is 0 Å². The third-order valence-corrected chi connectivity index (χ3v) is 5.41. The molecule has 0 heterocycles. The first kappa shape index (κ1) is 9.28. The first-order chi connectivity index (χ1) is 13.1. The lowest BCUT2D eigenvalue weighted by Gasteiger charge is -2.20. The quantitative estimate of drug-likeness (QED) is 0.630. The van der Waals surface area contributed by atoms with Crippen LogP contribution in [0.25, 0.3) is 0 Å². The number of aryl methyl sites for hydroxylation is 3. The molecule has 0 saturated carbocycles. The summed E-state index contributed by atoms with van der Waals surface area (Å²) < 4.78 is 51.0. The first-order valence-corrected chi connectivity index (χ1v) is 8.48. The van der Waals surface area contributed by atoms with Crippen molar-refractivity contribution in [2.45, 2.75) is 20.8 Å². The Labute approximate surface area is 143 Å². The maximum atomic E-state index is 8.50. The largest absolute Gasteiger partial charge is 0.0630 e. The van der Waals surface area contributed by atoms with Crippen LogP contribution in [-0.2, 0) is 0 Å². The molecule has 0 saturated heterocycles. The minimum Gasteiger partial charge on any atom is -0.0587 e. The number of rotatable bonds is 3. The maximum Gasteiger partial charge on any atom is 0.0630 e.